The molecule has 1 radical (unpaired) electrons. The number of fused-ring (bicyclic) bond motifs is 4. The first-order valence-corrected chi connectivity index (χ1v) is 7.88. The van der Waals surface area contributed by atoms with Gasteiger partial charge in [0.2, 0.25) is 5.78 Å². The van der Waals surface area contributed by atoms with Crippen molar-refractivity contribution in [1.29, 1.82) is 0 Å². The summed E-state index contributed by atoms with van der Waals surface area (Å²) in [5.74, 6) is -0.509. The van der Waals surface area contributed by atoms with Gasteiger partial charge in [-0.05, 0) is 24.5 Å². The Morgan fingerprint density at radius 3 is 2.75 bits per heavy atom. The number of furan rings is 1. The molecule has 1 N–H and O–H groups in total. The molecule has 5 rings (SSSR count). The maximum atomic E-state index is 13.0. The van der Waals surface area contributed by atoms with E-state index in [4.69, 9.17) is 4.42 Å². The van der Waals surface area contributed by atoms with Gasteiger partial charge in [0, 0.05) is 28.5 Å². The van der Waals surface area contributed by atoms with Crippen molar-refractivity contribution in [2.75, 3.05) is 0 Å². The highest BCUT2D eigenvalue weighted by molar-refractivity contribution is 6.18. The molecule has 0 bridgehead atoms. The smallest absolute Gasteiger partial charge is 0.229 e. The third-order valence-corrected chi connectivity index (χ3v) is 5.68. The molecule has 2 aromatic rings. The second-order valence-electron chi connectivity index (χ2n) is 6.80. The topological polar surface area (TPSA) is 84.6 Å². The van der Waals surface area contributed by atoms with Crippen molar-refractivity contribution in [2.24, 2.45) is 0 Å². The molecule has 5 nitrogen and oxygen atoms in total. The lowest BCUT2D eigenvalue weighted by atomic mass is 9.60. The highest BCUT2D eigenvalue weighted by Gasteiger charge is 2.53. The zero-order valence-corrected chi connectivity index (χ0v) is 12.9. The summed E-state index contributed by atoms with van der Waals surface area (Å²) in [5, 5.41) is 10.7. The molecule has 2 atom stereocenters. The van der Waals surface area contributed by atoms with Crippen LogP contribution in [-0.2, 0) is 11.8 Å². The molecule has 0 fully saturated rings. The minimum absolute atomic E-state index is 0.0302. The lowest BCUT2D eigenvalue weighted by molar-refractivity contribution is 0.0859. The van der Waals surface area contributed by atoms with Gasteiger partial charge in [0.1, 0.15) is 6.26 Å². The Kier molecular flexibility index (Phi) is 2.37. The molecule has 0 amide bonds. The van der Waals surface area contributed by atoms with Crippen LogP contribution in [0.5, 0.6) is 0 Å². The molecule has 0 spiro atoms. The highest BCUT2D eigenvalue weighted by atomic mass is 16.3. The van der Waals surface area contributed by atoms with Crippen molar-refractivity contribution in [3.8, 4) is 0 Å². The van der Waals surface area contributed by atoms with E-state index >= 15 is 0 Å². The van der Waals surface area contributed by atoms with Gasteiger partial charge >= 0.3 is 0 Å². The van der Waals surface area contributed by atoms with Crippen LogP contribution in [-0.4, -0.2) is 28.6 Å². The fourth-order valence-corrected chi connectivity index (χ4v) is 4.41. The molecular weight excluding hydrogens is 308 g/mol. The Bertz CT molecular complexity index is 980. The standard InChI is InChI=1S/C19H13O5/c1-19-11-4-2-8-9(3-5-12(8)20)15(11)17(23)18-16(19)10(7-24-18)13(21)6-14(19)22/h2,4,6-7,14,22H,3,5H2,1H3. The van der Waals surface area contributed by atoms with E-state index in [-0.39, 0.29) is 23.1 Å². The predicted molar refractivity (Wildman–Crippen MR) is 82.3 cm³/mol. The van der Waals surface area contributed by atoms with E-state index in [1.54, 1.807) is 12.1 Å². The highest BCUT2D eigenvalue weighted by Crippen LogP contribution is 2.51. The molecule has 24 heavy (non-hydrogen) atoms. The van der Waals surface area contributed by atoms with E-state index in [1.165, 1.54) is 12.7 Å². The molecule has 5 heteroatoms. The fraction of sp³-hybridized carbons (Fsp3) is 0.263. The number of carbonyl (C=O) groups is 3. The fourth-order valence-electron chi connectivity index (χ4n) is 4.41. The molecule has 2 unspecified atom stereocenters. The van der Waals surface area contributed by atoms with Gasteiger partial charge < -0.3 is 9.52 Å². The first-order valence-electron chi connectivity index (χ1n) is 7.88. The Morgan fingerprint density at radius 1 is 1.17 bits per heavy atom. The quantitative estimate of drug-likeness (QED) is 0.802. The second kappa shape index (κ2) is 4.11. The summed E-state index contributed by atoms with van der Waals surface area (Å²) in [7, 11) is 0. The lowest BCUT2D eigenvalue weighted by Gasteiger charge is -2.42. The van der Waals surface area contributed by atoms with Crippen molar-refractivity contribution in [1.82, 2.24) is 0 Å². The van der Waals surface area contributed by atoms with Crippen molar-refractivity contribution in [3.05, 3.63) is 64.0 Å². The number of hydrogen-bond acceptors (Lipinski definition) is 5. The molecule has 0 saturated carbocycles. The average molecular weight is 321 g/mol. The first-order chi connectivity index (χ1) is 11.4. The number of carbonyl (C=O) groups excluding carboxylic acids is 3. The van der Waals surface area contributed by atoms with Gasteiger partial charge in [-0.15, -0.1) is 0 Å². The van der Waals surface area contributed by atoms with Crippen LogP contribution in [0.3, 0.4) is 0 Å². The van der Waals surface area contributed by atoms with Crippen molar-refractivity contribution in [3.63, 3.8) is 0 Å². The summed E-state index contributed by atoms with van der Waals surface area (Å²) in [6, 6.07) is 3.47. The van der Waals surface area contributed by atoms with Crippen LogP contribution in [0.25, 0.3) is 0 Å². The Morgan fingerprint density at radius 2 is 1.96 bits per heavy atom. The Balaban J connectivity index is 1.91. The Hall–Kier alpha value is -2.53. The van der Waals surface area contributed by atoms with Gasteiger partial charge in [0.15, 0.2) is 17.3 Å². The molecular formula is C19H13O5. The van der Waals surface area contributed by atoms with E-state index < -0.39 is 11.5 Å². The monoisotopic (exact) mass is 321 g/mol. The maximum Gasteiger partial charge on any atom is 0.229 e. The van der Waals surface area contributed by atoms with E-state index in [9.17, 15) is 19.5 Å². The maximum absolute atomic E-state index is 13.0. The van der Waals surface area contributed by atoms with E-state index in [2.05, 4.69) is 0 Å². The van der Waals surface area contributed by atoms with Gasteiger partial charge in [-0.1, -0.05) is 12.1 Å². The number of aliphatic hydroxyl groups excluding tert-OH is 1. The summed E-state index contributed by atoms with van der Waals surface area (Å²) in [4.78, 5) is 37.2. The molecule has 1 heterocycles. The number of Topliss-reactive ketones (excluding diaryl/α,β-unsaturated/α-hetero) is 2. The third-order valence-electron chi connectivity index (χ3n) is 5.68. The zero-order valence-electron chi connectivity index (χ0n) is 12.9. The largest absolute Gasteiger partial charge is 0.460 e. The number of aliphatic hydroxyl groups is 1. The van der Waals surface area contributed by atoms with Crippen LogP contribution >= 0.6 is 0 Å². The van der Waals surface area contributed by atoms with Crippen LogP contribution in [0.15, 0.2) is 22.8 Å². The van der Waals surface area contributed by atoms with Crippen LogP contribution in [0.4, 0.5) is 0 Å². The van der Waals surface area contributed by atoms with Gasteiger partial charge in [0.05, 0.1) is 18.1 Å². The molecule has 1 aromatic carbocycles. The first kappa shape index (κ1) is 13.9. The molecule has 0 aliphatic heterocycles. The van der Waals surface area contributed by atoms with E-state index in [1.807, 2.05) is 6.92 Å². The van der Waals surface area contributed by atoms with Crippen LogP contribution in [0, 0.1) is 6.42 Å². The van der Waals surface area contributed by atoms with Gasteiger partial charge in [-0.3, -0.25) is 14.4 Å². The minimum atomic E-state index is -1.06. The van der Waals surface area contributed by atoms with Crippen molar-refractivity contribution >= 4 is 17.3 Å². The molecule has 3 aliphatic rings. The third kappa shape index (κ3) is 1.34. The lowest BCUT2D eigenvalue weighted by Crippen LogP contribution is -2.48. The molecule has 0 saturated heterocycles. The molecule has 3 aliphatic carbocycles. The van der Waals surface area contributed by atoms with Crippen molar-refractivity contribution < 1.29 is 23.9 Å². The number of benzene rings is 1. The Labute approximate surface area is 137 Å². The van der Waals surface area contributed by atoms with Crippen LogP contribution in [0.1, 0.15) is 66.9 Å². The SMILES string of the molecule is CC12c3ccc4c(c3C(=O)c3occ(c31)C(=O)[CH]C2O)CCC4=O. The molecule has 119 valence electrons. The average Bonchev–Trinajstić information content (AvgIpc) is 3.16. The second-order valence-corrected chi connectivity index (χ2v) is 6.80. The predicted octanol–water partition coefficient (Wildman–Crippen LogP) is 2.02. The summed E-state index contributed by atoms with van der Waals surface area (Å²) >= 11 is 0. The summed E-state index contributed by atoms with van der Waals surface area (Å²) in [5.41, 5.74) is 2.28. The normalized spacial score (nSPS) is 27.1. The summed E-state index contributed by atoms with van der Waals surface area (Å²) in [6.07, 6.45) is 2.40. The summed E-state index contributed by atoms with van der Waals surface area (Å²) < 4.78 is 5.44. The van der Waals surface area contributed by atoms with Gasteiger partial charge in [-0.25, -0.2) is 0 Å². The number of rotatable bonds is 0. The van der Waals surface area contributed by atoms with E-state index in [0.29, 0.717) is 40.7 Å². The number of ketones is 3. The molecule has 1 aromatic heterocycles. The van der Waals surface area contributed by atoms with E-state index in [0.717, 1.165) is 5.56 Å². The van der Waals surface area contributed by atoms with Gasteiger partial charge in [0.25, 0.3) is 0 Å². The summed E-state index contributed by atoms with van der Waals surface area (Å²) in [6.45, 7) is 1.81. The van der Waals surface area contributed by atoms with Gasteiger partial charge in [-0.2, -0.15) is 0 Å². The minimum Gasteiger partial charge on any atom is -0.460 e. The van der Waals surface area contributed by atoms with Crippen LogP contribution < -0.4 is 0 Å². The van der Waals surface area contributed by atoms with Crippen molar-refractivity contribution in [2.45, 2.75) is 31.3 Å². The zero-order chi connectivity index (χ0) is 16.8. The van der Waals surface area contributed by atoms with Crippen LogP contribution in [0.2, 0.25) is 0 Å². The number of hydrogen-bond donors (Lipinski definition) is 1.